The number of phenolic OH excluding ortho intramolecular Hbond substituents is 1. The highest BCUT2D eigenvalue weighted by atomic mass is 79.9. The molecule has 2 N–H and O–H groups in total. The predicted molar refractivity (Wildman–Crippen MR) is 95.5 cm³/mol. The van der Waals surface area contributed by atoms with E-state index in [-0.39, 0.29) is 23.3 Å². The zero-order chi connectivity index (χ0) is 17.7. The van der Waals surface area contributed by atoms with Gasteiger partial charge in [0.1, 0.15) is 11.6 Å². The summed E-state index contributed by atoms with van der Waals surface area (Å²) in [5.41, 5.74) is 0.551. The van der Waals surface area contributed by atoms with E-state index in [0.717, 1.165) is 19.3 Å². The van der Waals surface area contributed by atoms with Crippen LogP contribution in [0.1, 0.15) is 38.2 Å². The number of ether oxygens (including phenoxy) is 1. The fourth-order valence-corrected chi connectivity index (χ4v) is 3.35. The summed E-state index contributed by atoms with van der Waals surface area (Å²) in [6.45, 7) is 2.12. The summed E-state index contributed by atoms with van der Waals surface area (Å²) < 4.78 is 5.66. The Balaban J connectivity index is 2.21. The summed E-state index contributed by atoms with van der Waals surface area (Å²) in [5, 5.41) is 22.2. The lowest BCUT2D eigenvalue weighted by atomic mass is 9.86. The topological polar surface area (TPSA) is 82.3 Å². The van der Waals surface area contributed by atoms with Gasteiger partial charge in [-0.1, -0.05) is 35.7 Å². The van der Waals surface area contributed by atoms with Crippen LogP contribution in [0, 0.1) is 17.2 Å². The molecule has 0 bridgehead atoms. The highest BCUT2D eigenvalue weighted by molar-refractivity contribution is 9.10. The minimum atomic E-state index is -0.376. The maximum absolute atomic E-state index is 12.4. The molecule has 24 heavy (non-hydrogen) atoms. The van der Waals surface area contributed by atoms with Crippen molar-refractivity contribution >= 4 is 27.9 Å². The van der Waals surface area contributed by atoms with Gasteiger partial charge in [-0.2, -0.15) is 5.26 Å². The van der Waals surface area contributed by atoms with Crippen molar-refractivity contribution in [3.63, 3.8) is 0 Å². The minimum absolute atomic E-state index is 0.0121. The van der Waals surface area contributed by atoms with E-state index in [2.05, 4.69) is 28.2 Å². The summed E-state index contributed by atoms with van der Waals surface area (Å²) in [4.78, 5) is 12.4. The van der Waals surface area contributed by atoms with Crippen LogP contribution in [0.3, 0.4) is 0 Å². The molecule has 0 aliphatic heterocycles. The van der Waals surface area contributed by atoms with Gasteiger partial charge >= 0.3 is 0 Å². The number of nitriles is 1. The maximum Gasteiger partial charge on any atom is 0.262 e. The number of hydrogen-bond donors (Lipinski definition) is 2. The fourth-order valence-electron chi connectivity index (χ4n) is 2.91. The monoisotopic (exact) mass is 392 g/mol. The molecule has 0 radical (unpaired) electrons. The Kier molecular flexibility index (Phi) is 6.27. The van der Waals surface area contributed by atoms with Crippen LogP contribution in [-0.4, -0.2) is 24.2 Å². The van der Waals surface area contributed by atoms with Gasteiger partial charge in [0.05, 0.1) is 7.11 Å². The number of carbonyl (C=O) groups is 1. The Morgan fingerprint density at radius 3 is 2.79 bits per heavy atom. The lowest BCUT2D eigenvalue weighted by Crippen LogP contribution is -2.41. The van der Waals surface area contributed by atoms with Crippen molar-refractivity contribution in [2.24, 2.45) is 5.92 Å². The average Bonchev–Trinajstić information content (AvgIpc) is 2.57. The van der Waals surface area contributed by atoms with Gasteiger partial charge in [-0.3, -0.25) is 4.79 Å². The van der Waals surface area contributed by atoms with Gasteiger partial charge in [0.15, 0.2) is 11.5 Å². The molecule has 0 aromatic heterocycles. The van der Waals surface area contributed by atoms with Gasteiger partial charge in [0.25, 0.3) is 5.91 Å². The number of hydrogen-bond acceptors (Lipinski definition) is 4. The number of nitrogens with zero attached hydrogens (tertiary/aromatic N) is 1. The molecule has 0 unspecified atom stereocenters. The van der Waals surface area contributed by atoms with E-state index in [1.165, 1.54) is 25.7 Å². The van der Waals surface area contributed by atoms with Crippen molar-refractivity contribution in [3.8, 4) is 17.6 Å². The number of rotatable bonds is 4. The molecule has 5 nitrogen and oxygen atoms in total. The number of amides is 1. The molecule has 2 rings (SSSR count). The first kappa shape index (κ1) is 18.3. The van der Waals surface area contributed by atoms with E-state index >= 15 is 0 Å². The highest BCUT2D eigenvalue weighted by Gasteiger charge is 2.24. The number of phenols is 1. The molecule has 1 aliphatic carbocycles. The summed E-state index contributed by atoms with van der Waals surface area (Å²) >= 11 is 3.36. The lowest BCUT2D eigenvalue weighted by Gasteiger charge is -2.29. The predicted octanol–water partition coefficient (Wildman–Crippen LogP) is 3.77. The molecule has 2 atom stereocenters. The standard InChI is InChI=1S/C18H21BrN2O3/c1-11-5-3-4-6-15(11)21-18(23)13(10-20)7-12-8-16(22)17(24-2)9-14(12)19/h7-9,11,15,22H,3-6H2,1-2H3,(H,21,23)/b13-7+/t11-,15-/m1/s1. The van der Waals surface area contributed by atoms with Crippen molar-refractivity contribution in [3.05, 3.63) is 27.7 Å². The number of nitrogens with one attached hydrogen (secondary N) is 1. The zero-order valence-corrected chi connectivity index (χ0v) is 15.4. The molecule has 128 valence electrons. The van der Waals surface area contributed by atoms with Crippen LogP contribution in [0.5, 0.6) is 11.5 Å². The van der Waals surface area contributed by atoms with Crippen molar-refractivity contribution in [1.82, 2.24) is 5.32 Å². The van der Waals surface area contributed by atoms with E-state index in [9.17, 15) is 15.2 Å². The largest absolute Gasteiger partial charge is 0.504 e. The van der Waals surface area contributed by atoms with Crippen LogP contribution < -0.4 is 10.1 Å². The quantitative estimate of drug-likeness (QED) is 0.603. The minimum Gasteiger partial charge on any atom is -0.504 e. The van der Waals surface area contributed by atoms with Gasteiger partial charge in [-0.25, -0.2) is 0 Å². The van der Waals surface area contributed by atoms with Crippen LogP contribution in [0.15, 0.2) is 22.2 Å². The van der Waals surface area contributed by atoms with Crippen molar-refractivity contribution < 1.29 is 14.6 Å². The van der Waals surface area contributed by atoms with Gasteiger partial charge in [0, 0.05) is 10.5 Å². The van der Waals surface area contributed by atoms with Crippen molar-refractivity contribution in [2.75, 3.05) is 7.11 Å². The lowest BCUT2D eigenvalue weighted by molar-refractivity contribution is -0.118. The second kappa shape index (κ2) is 8.20. The third-order valence-electron chi connectivity index (χ3n) is 4.39. The number of aromatic hydroxyl groups is 1. The van der Waals surface area contributed by atoms with Gasteiger partial charge < -0.3 is 15.2 Å². The summed E-state index contributed by atoms with van der Waals surface area (Å²) in [6, 6.07) is 5.10. The molecule has 1 aromatic carbocycles. The number of carbonyl (C=O) groups excluding carboxylic acids is 1. The third kappa shape index (κ3) is 4.30. The molecule has 0 spiro atoms. The molecule has 0 saturated heterocycles. The third-order valence-corrected chi connectivity index (χ3v) is 5.08. The number of methoxy groups -OCH3 is 1. The van der Waals surface area contributed by atoms with Gasteiger partial charge in [-0.05, 0) is 42.5 Å². The van der Waals surface area contributed by atoms with Crippen LogP contribution in [0.2, 0.25) is 0 Å². The molecule has 1 amide bonds. The van der Waals surface area contributed by atoms with Crippen LogP contribution in [0.4, 0.5) is 0 Å². The molecule has 1 aromatic rings. The van der Waals surface area contributed by atoms with E-state index in [4.69, 9.17) is 4.74 Å². The van der Waals surface area contributed by atoms with Gasteiger partial charge in [-0.15, -0.1) is 0 Å². The second-order valence-corrected chi connectivity index (χ2v) is 6.91. The van der Waals surface area contributed by atoms with Crippen LogP contribution in [0.25, 0.3) is 6.08 Å². The molecule has 1 fully saturated rings. The first-order chi connectivity index (χ1) is 11.5. The maximum atomic E-state index is 12.4. The van der Waals surface area contributed by atoms with Crippen LogP contribution in [-0.2, 0) is 4.79 Å². The van der Waals surface area contributed by atoms with Crippen LogP contribution >= 0.6 is 15.9 Å². The Labute approximate surface area is 150 Å². The van der Waals surface area contributed by atoms with E-state index < -0.39 is 0 Å². The van der Waals surface area contributed by atoms with Crippen molar-refractivity contribution in [1.29, 1.82) is 5.26 Å². The van der Waals surface area contributed by atoms with E-state index in [1.807, 2.05) is 6.07 Å². The molecular formula is C18H21BrN2O3. The first-order valence-corrected chi connectivity index (χ1v) is 8.74. The molecular weight excluding hydrogens is 372 g/mol. The zero-order valence-electron chi connectivity index (χ0n) is 13.8. The first-order valence-electron chi connectivity index (χ1n) is 7.95. The molecule has 0 heterocycles. The number of halogens is 1. The second-order valence-electron chi connectivity index (χ2n) is 6.06. The average molecular weight is 393 g/mol. The van der Waals surface area contributed by atoms with E-state index in [1.54, 1.807) is 6.07 Å². The smallest absolute Gasteiger partial charge is 0.262 e. The summed E-state index contributed by atoms with van der Waals surface area (Å²) in [7, 11) is 1.45. The molecule has 6 heteroatoms. The highest BCUT2D eigenvalue weighted by Crippen LogP contribution is 2.33. The van der Waals surface area contributed by atoms with Gasteiger partial charge in [0.2, 0.25) is 0 Å². The van der Waals surface area contributed by atoms with E-state index in [0.29, 0.717) is 21.7 Å². The fraction of sp³-hybridized carbons (Fsp3) is 0.444. The Morgan fingerprint density at radius 1 is 1.46 bits per heavy atom. The van der Waals surface area contributed by atoms with Crippen molar-refractivity contribution in [2.45, 2.75) is 38.6 Å². The normalized spacial score (nSPS) is 21.0. The Bertz CT molecular complexity index is 694. The Morgan fingerprint density at radius 2 is 2.17 bits per heavy atom. The number of benzene rings is 1. The summed E-state index contributed by atoms with van der Waals surface area (Å²) in [6.07, 6.45) is 5.78. The SMILES string of the molecule is COc1cc(Br)c(/C=C(\C#N)C(=O)N[C@@H]2CCCC[C@H]2C)cc1O. The Hall–Kier alpha value is -2.00. The summed E-state index contributed by atoms with van der Waals surface area (Å²) in [5.74, 6) is 0.307. The molecule has 1 saturated carbocycles. The molecule has 1 aliphatic rings.